The Labute approximate surface area is 186 Å². The highest BCUT2D eigenvalue weighted by molar-refractivity contribution is 7.92. The highest BCUT2D eigenvalue weighted by Crippen LogP contribution is 2.23. The van der Waals surface area contributed by atoms with Crippen LogP contribution in [0.5, 0.6) is 0 Å². The Morgan fingerprint density at radius 2 is 2.03 bits per heavy atom. The van der Waals surface area contributed by atoms with Gasteiger partial charge in [-0.1, -0.05) is 12.1 Å². The molecule has 2 atom stereocenters. The van der Waals surface area contributed by atoms with Crippen LogP contribution in [-0.4, -0.2) is 42.8 Å². The second kappa shape index (κ2) is 9.93. The number of hydroxylamine groups is 1. The molecule has 1 N–H and O–H groups in total. The molecule has 0 bridgehead atoms. The minimum Gasteiger partial charge on any atom is -0.350 e. The van der Waals surface area contributed by atoms with Crippen molar-refractivity contribution in [3.63, 3.8) is 0 Å². The van der Waals surface area contributed by atoms with Crippen molar-refractivity contribution in [2.75, 3.05) is 12.9 Å². The maximum absolute atomic E-state index is 13.5. The van der Waals surface area contributed by atoms with Gasteiger partial charge < -0.3 is 9.30 Å². The monoisotopic (exact) mass is 466 g/mol. The molecule has 1 unspecified atom stereocenters. The Balaban J connectivity index is 1.72. The topological polar surface area (TPSA) is 104 Å². The van der Waals surface area contributed by atoms with Gasteiger partial charge in [-0.15, -0.1) is 0 Å². The first-order chi connectivity index (χ1) is 15.1. The molecule has 1 aromatic carbocycles. The molecule has 1 aliphatic heterocycles. The van der Waals surface area contributed by atoms with Gasteiger partial charge in [0, 0.05) is 38.1 Å². The van der Waals surface area contributed by atoms with Crippen LogP contribution in [0.2, 0.25) is 0 Å². The standard InChI is InChI=1S/C22H27FN2O6S/c1-22(32(2,28)29,21(27)24-31-20-8-3-4-13-30-20)10-12-25-11-9-17(15-19(25)26)16-6-5-7-18(23)14-16/h5-7,9,11,14-15,20H,3-4,8,10,12-13H2,1-2H3,(H,24,27)/t20?,22-/m1/s1. The van der Waals surface area contributed by atoms with Gasteiger partial charge >= 0.3 is 0 Å². The van der Waals surface area contributed by atoms with Crippen molar-refractivity contribution in [1.82, 2.24) is 10.0 Å². The number of ether oxygens (including phenoxy) is 1. The van der Waals surface area contributed by atoms with E-state index in [1.807, 2.05) is 0 Å². The van der Waals surface area contributed by atoms with E-state index in [1.165, 1.54) is 35.9 Å². The summed E-state index contributed by atoms with van der Waals surface area (Å²) in [5.41, 5.74) is 2.92. The zero-order valence-electron chi connectivity index (χ0n) is 18.0. The van der Waals surface area contributed by atoms with E-state index in [0.29, 0.717) is 24.2 Å². The van der Waals surface area contributed by atoms with Crippen LogP contribution in [0, 0.1) is 5.82 Å². The molecule has 0 radical (unpaired) electrons. The van der Waals surface area contributed by atoms with Crippen LogP contribution in [0.15, 0.2) is 47.4 Å². The van der Waals surface area contributed by atoms with Crippen LogP contribution in [-0.2, 0) is 30.8 Å². The number of aryl methyl sites for hydroxylation is 1. The van der Waals surface area contributed by atoms with Gasteiger partial charge in [0.05, 0.1) is 0 Å². The van der Waals surface area contributed by atoms with Crippen molar-refractivity contribution in [3.05, 3.63) is 58.8 Å². The van der Waals surface area contributed by atoms with Crippen molar-refractivity contribution >= 4 is 15.7 Å². The molecule has 1 fully saturated rings. The smallest absolute Gasteiger partial charge is 0.264 e. The summed E-state index contributed by atoms with van der Waals surface area (Å²) >= 11 is 0. The number of carbonyl (C=O) groups is 1. The van der Waals surface area contributed by atoms with Crippen LogP contribution in [0.3, 0.4) is 0 Å². The Morgan fingerprint density at radius 3 is 2.66 bits per heavy atom. The largest absolute Gasteiger partial charge is 0.350 e. The Kier molecular flexibility index (Phi) is 7.47. The summed E-state index contributed by atoms with van der Waals surface area (Å²) in [5.74, 6) is -1.24. The van der Waals surface area contributed by atoms with Crippen LogP contribution in [0.1, 0.15) is 32.6 Å². The average molecular weight is 467 g/mol. The number of aromatic nitrogens is 1. The minimum absolute atomic E-state index is 0.0147. The van der Waals surface area contributed by atoms with Crippen molar-refractivity contribution in [3.8, 4) is 11.1 Å². The number of sulfone groups is 1. The first-order valence-corrected chi connectivity index (χ1v) is 12.2. The molecule has 2 aromatic rings. The summed E-state index contributed by atoms with van der Waals surface area (Å²) in [4.78, 5) is 30.5. The second-order valence-electron chi connectivity index (χ2n) is 8.06. The quantitative estimate of drug-likeness (QED) is 0.600. The maximum atomic E-state index is 13.5. The summed E-state index contributed by atoms with van der Waals surface area (Å²) in [6.45, 7) is 1.80. The van der Waals surface area contributed by atoms with E-state index in [-0.39, 0.29) is 13.0 Å². The van der Waals surface area contributed by atoms with Crippen LogP contribution >= 0.6 is 0 Å². The molecule has 0 saturated carbocycles. The lowest BCUT2D eigenvalue weighted by atomic mass is 10.1. The number of pyridine rings is 1. The van der Waals surface area contributed by atoms with Gasteiger partial charge in [-0.05, 0) is 55.5 Å². The predicted molar refractivity (Wildman–Crippen MR) is 117 cm³/mol. The Bertz CT molecular complexity index is 1130. The summed E-state index contributed by atoms with van der Waals surface area (Å²) in [6, 6.07) is 8.84. The number of hydrogen-bond donors (Lipinski definition) is 1. The highest BCUT2D eigenvalue weighted by Gasteiger charge is 2.44. The van der Waals surface area contributed by atoms with Gasteiger partial charge in [0.2, 0.25) is 0 Å². The molecule has 32 heavy (non-hydrogen) atoms. The molecule has 8 nitrogen and oxygen atoms in total. The molecule has 0 aliphatic carbocycles. The zero-order chi connectivity index (χ0) is 23.4. The van der Waals surface area contributed by atoms with E-state index in [1.54, 1.807) is 18.2 Å². The number of carbonyl (C=O) groups excluding carboxylic acids is 1. The van der Waals surface area contributed by atoms with E-state index < -0.39 is 38.2 Å². The Hall–Kier alpha value is -2.56. The van der Waals surface area contributed by atoms with Crippen molar-refractivity contribution < 1.29 is 27.2 Å². The molecule has 1 aliphatic rings. The normalized spacial score (nSPS) is 18.7. The highest BCUT2D eigenvalue weighted by atomic mass is 32.2. The van der Waals surface area contributed by atoms with E-state index in [2.05, 4.69) is 5.48 Å². The number of nitrogens with one attached hydrogen (secondary N) is 1. The van der Waals surface area contributed by atoms with E-state index in [9.17, 15) is 22.4 Å². The minimum atomic E-state index is -3.85. The molecule has 1 aromatic heterocycles. The van der Waals surface area contributed by atoms with Gasteiger partial charge in [0.1, 0.15) is 5.82 Å². The van der Waals surface area contributed by atoms with Crippen molar-refractivity contribution in [2.45, 2.75) is 50.2 Å². The van der Waals surface area contributed by atoms with Gasteiger partial charge in [0.25, 0.3) is 11.5 Å². The lowest BCUT2D eigenvalue weighted by molar-refractivity contribution is -0.201. The van der Waals surface area contributed by atoms with Gasteiger partial charge in [-0.2, -0.15) is 0 Å². The zero-order valence-corrected chi connectivity index (χ0v) is 18.9. The van der Waals surface area contributed by atoms with Gasteiger partial charge in [-0.3, -0.25) is 9.59 Å². The molecule has 3 rings (SSSR count). The summed E-state index contributed by atoms with van der Waals surface area (Å²) < 4.78 is 43.2. The SMILES string of the molecule is C[C@@](CCn1ccc(-c2cccc(F)c2)cc1=O)(C(=O)NOC1CCCCO1)S(C)(=O)=O. The van der Waals surface area contributed by atoms with E-state index in [0.717, 1.165) is 19.1 Å². The summed E-state index contributed by atoms with van der Waals surface area (Å²) in [7, 11) is -3.85. The second-order valence-corrected chi connectivity index (χ2v) is 10.5. The molecule has 174 valence electrons. The van der Waals surface area contributed by atoms with Gasteiger partial charge in [-0.25, -0.2) is 23.1 Å². The molecule has 1 amide bonds. The number of benzene rings is 1. The lowest BCUT2D eigenvalue weighted by Gasteiger charge is -2.28. The molecule has 0 spiro atoms. The van der Waals surface area contributed by atoms with Gasteiger partial charge in [0.15, 0.2) is 20.9 Å². The number of nitrogens with zero attached hydrogens (tertiary/aromatic N) is 1. The number of halogens is 1. The summed E-state index contributed by atoms with van der Waals surface area (Å²) in [5, 5.41) is 0. The predicted octanol–water partition coefficient (Wildman–Crippen LogP) is 2.42. The maximum Gasteiger partial charge on any atom is 0.264 e. The van der Waals surface area contributed by atoms with E-state index >= 15 is 0 Å². The lowest BCUT2D eigenvalue weighted by Crippen LogP contribution is -2.51. The molecule has 10 heteroatoms. The van der Waals surface area contributed by atoms with Crippen LogP contribution < -0.4 is 11.0 Å². The molecule has 2 heterocycles. The average Bonchev–Trinajstić information content (AvgIpc) is 2.76. The molecular weight excluding hydrogens is 439 g/mol. The first-order valence-electron chi connectivity index (χ1n) is 10.3. The number of hydrogen-bond acceptors (Lipinski definition) is 6. The Morgan fingerprint density at radius 1 is 1.28 bits per heavy atom. The summed E-state index contributed by atoms with van der Waals surface area (Å²) in [6.07, 6.45) is 4.10. The van der Waals surface area contributed by atoms with Crippen LogP contribution in [0.4, 0.5) is 4.39 Å². The van der Waals surface area contributed by atoms with Crippen molar-refractivity contribution in [1.29, 1.82) is 0 Å². The fraction of sp³-hybridized carbons (Fsp3) is 0.455. The fourth-order valence-corrected chi connectivity index (χ4v) is 4.21. The number of amides is 1. The third kappa shape index (κ3) is 5.62. The third-order valence-corrected chi connectivity index (χ3v) is 7.73. The molecular formula is C22H27FN2O6S. The van der Waals surface area contributed by atoms with E-state index in [4.69, 9.17) is 9.57 Å². The van der Waals surface area contributed by atoms with Crippen molar-refractivity contribution in [2.24, 2.45) is 0 Å². The fourth-order valence-electron chi connectivity index (χ4n) is 3.37. The number of rotatable bonds is 8. The van der Waals surface area contributed by atoms with Crippen LogP contribution in [0.25, 0.3) is 11.1 Å². The third-order valence-electron chi connectivity index (χ3n) is 5.70. The molecule has 1 saturated heterocycles. The first kappa shape index (κ1) is 24.1.